The Bertz CT molecular complexity index is 609. The topological polar surface area (TPSA) is 86.5 Å². The van der Waals surface area contributed by atoms with Crippen molar-refractivity contribution >= 4 is 12.0 Å². The Kier molecular flexibility index (Phi) is 4.66. The fraction of sp³-hybridized carbons (Fsp3) is 0.500. The molecule has 0 aromatic carbocycles. The Labute approximate surface area is 135 Å². The highest BCUT2D eigenvalue weighted by Crippen LogP contribution is 2.31. The molecule has 3 rings (SSSR count). The van der Waals surface area contributed by atoms with Crippen LogP contribution in [0.5, 0.6) is 0 Å². The molecule has 0 radical (unpaired) electrons. The molecule has 0 aliphatic carbocycles. The van der Waals surface area contributed by atoms with Gasteiger partial charge in [0.2, 0.25) is 0 Å². The fourth-order valence-electron chi connectivity index (χ4n) is 3.20. The molecular formula is C16H22N4O3. The number of nitrogens with one attached hydrogen (secondary N) is 3. The van der Waals surface area contributed by atoms with Crippen molar-refractivity contribution in [2.45, 2.75) is 25.8 Å². The highest BCUT2D eigenvalue weighted by Gasteiger charge is 2.31. The van der Waals surface area contributed by atoms with Gasteiger partial charge >= 0.3 is 12.0 Å². The number of carbonyl (C=O) groups is 2. The van der Waals surface area contributed by atoms with E-state index in [1.807, 2.05) is 12.3 Å². The van der Waals surface area contributed by atoms with Crippen LogP contribution in [0.2, 0.25) is 0 Å². The molecule has 7 heteroatoms. The minimum atomic E-state index is -0.370. The normalized spacial score (nSPS) is 22.0. The van der Waals surface area contributed by atoms with Crippen molar-refractivity contribution in [1.29, 1.82) is 0 Å². The average molecular weight is 318 g/mol. The lowest BCUT2D eigenvalue weighted by molar-refractivity contribution is -0.138. The van der Waals surface area contributed by atoms with Gasteiger partial charge in [0.25, 0.3) is 0 Å². The number of urea groups is 1. The van der Waals surface area contributed by atoms with Crippen molar-refractivity contribution in [2.75, 3.05) is 26.2 Å². The maximum Gasteiger partial charge on any atom is 0.337 e. The molecule has 2 aliphatic heterocycles. The molecule has 124 valence electrons. The third-order valence-electron chi connectivity index (χ3n) is 4.28. The number of amides is 2. The summed E-state index contributed by atoms with van der Waals surface area (Å²) in [5, 5.41) is 5.41. The molecule has 1 aromatic rings. The molecule has 0 bridgehead atoms. The number of esters is 1. The van der Waals surface area contributed by atoms with Gasteiger partial charge in [-0.15, -0.1) is 0 Å². The smallest absolute Gasteiger partial charge is 0.337 e. The zero-order valence-electron chi connectivity index (χ0n) is 13.2. The van der Waals surface area contributed by atoms with Gasteiger partial charge in [0.1, 0.15) is 0 Å². The number of likely N-dealkylation sites (tertiary alicyclic amines) is 1. The standard InChI is InChI=1S/C16H22N4O3/c1-2-23-15(21)11-9-18-16(22)19-13(11)10-20-8-4-6-14(20)12-5-3-7-17-12/h3,5,7,14,17H,2,4,6,8-10H2,1H3,(H2,18,19,22). The first-order chi connectivity index (χ1) is 11.2. The zero-order chi connectivity index (χ0) is 16.2. The van der Waals surface area contributed by atoms with E-state index in [1.54, 1.807) is 6.92 Å². The van der Waals surface area contributed by atoms with Gasteiger partial charge in [0.05, 0.1) is 24.8 Å². The molecule has 2 aliphatic rings. The number of rotatable bonds is 5. The Morgan fingerprint density at radius 3 is 3.09 bits per heavy atom. The molecule has 1 aromatic heterocycles. The van der Waals surface area contributed by atoms with Crippen LogP contribution in [-0.2, 0) is 9.53 Å². The van der Waals surface area contributed by atoms with Crippen LogP contribution in [0, 0.1) is 0 Å². The summed E-state index contributed by atoms with van der Waals surface area (Å²) in [7, 11) is 0. The summed E-state index contributed by atoms with van der Waals surface area (Å²) in [4.78, 5) is 29.3. The van der Waals surface area contributed by atoms with Crippen LogP contribution in [-0.4, -0.2) is 48.1 Å². The summed E-state index contributed by atoms with van der Waals surface area (Å²) in [5.41, 5.74) is 2.32. The first-order valence-corrected chi connectivity index (χ1v) is 8.00. The van der Waals surface area contributed by atoms with Crippen LogP contribution < -0.4 is 10.6 Å². The van der Waals surface area contributed by atoms with Gasteiger partial charge in [0.15, 0.2) is 0 Å². The molecule has 1 atom stereocenters. The van der Waals surface area contributed by atoms with Gasteiger partial charge in [0, 0.05) is 24.1 Å². The quantitative estimate of drug-likeness (QED) is 0.714. The second kappa shape index (κ2) is 6.87. The van der Waals surface area contributed by atoms with E-state index in [4.69, 9.17) is 4.74 Å². The van der Waals surface area contributed by atoms with Crippen molar-refractivity contribution < 1.29 is 14.3 Å². The van der Waals surface area contributed by atoms with Gasteiger partial charge < -0.3 is 20.4 Å². The maximum atomic E-state index is 12.1. The third kappa shape index (κ3) is 3.39. The van der Waals surface area contributed by atoms with Crippen LogP contribution in [0.15, 0.2) is 29.6 Å². The van der Waals surface area contributed by atoms with Gasteiger partial charge in [-0.1, -0.05) is 0 Å². The number of nitrogens with zero attached hydrogens (tertiary/aromatic N) is 1. The molecule has 3 N–H and O–H groups in total. The molecule has 3 heterocycles. The van der Waals surface area contributed by atoms with E-state index in [2.05, 4.69) is 26.6 Å². The minimum Gasteiger partial charge on any atom is -0.463 e. The average Bonchev–Trinajstić information content (AvgIpc) is 3.18. The van der Waals surface area contributed by atoms with E-state index in [-0.39, 0.29) is 24.6 Å². The molecule has 7 nitrogen and oxygen atoms in total. The van der Waals surface area contributed by atoms with Crippen LogP contribution in [0.3, 0.4) is 0 Å². The molecule has 1 unspecified atom stereocenters. The first-order valence-electron chi connectivity index (χ1n) is 8.00. The lowest BCUT2D eigenvalue weighted by Gasteiger charge is -2.28. The highest BCUT2D eigenvalue weighted by atomic mass is 16.5. The number of hydrogen-bond acceptors (Lipinski definition) is 4. The monoisotopic (exact) mass is 318 g/mol. The number of carbonyl (C=O) groups excluding carboxylic acids is 2. The van der Waals surface area contributed by atoms with E-state index in [0.717, 1.165) is 19.4 Å². The number of H-pyrrole nitrogens is 1. The Balaban J connectivity index is 1.79. The van der Waals surface area contributed by atoms with E-state index in [0.29, 0.717) is 24.4 Å². The van der Waals surface area contributed by atoms with Crippen molar-refractivity contribution in [2.24, 2.45) is 0 Å². The second-order valence-corrected chi connectivity index (χ2v) is 5.74. The van der Waals surface area contributed by atoms with Crippen molar-refractivity contribution in [3.8, 4) is 0 Å². The molecule has 1 saturated heterocycles. The maximum absolute atomic E-state index is 12.1. The van der Waals surface area contributed by atoms with Gasteiger partial charge in [-0.3, -0.25) is 4.90 Å². The molecular weight excluding hydrogens is 296 g/mol. The van der Waals surface area contributed by atoms with Crippen molar-refractivity contribution in [3.63, 3.8) is 0 Å². The van der Waals surface area contributed by atoms with Gasteiger partial charge in [-0.05, 0) is 38.4 Å². The van der Waals surface area contributed by atoms with E-state index in [9.17, 15) is 9.59 Å². The first kappa shape index (κ1) is 15.6. The van der Waals surface area contributed by atoms with Crippen molar-refractivity contribution in [3.05, 3.63) is 35.3 Å². The van der Waals surface area contributed by atoms with Gasteiger partial charge in [-0.25, -0.2) is 9.59 Å². The summed E-state index contributed by atoms with van der Waals surface area (Å²) in [6.07, 6.45) is 4.08. The number of aromatic nitrogens is 1. The molecule has 2 amide bonds. The lowest BCUT2D eigenvalue weighted by atomic mass is 10.1. The molecule has 0 saturated carbocycles. The SMILES string of the molecule is CCOC(=O)C1=C(CN2CCCC2c2ccc[nH]2)NC(=O)NC1. The zero-order valence-corrected chi connectivity index (χ0v) is 13.2. The van der Waals surface area contributed by atoms with E-state index in [1.165, 1.54) is 5.69 Å². The third-order valence-corrected chi connectivity index (χ3v) is 4.28. The molecule has 23 heavy (non-hydrogen) atoms. The molecule has 0 spiro atoms. The second-order valence-electron chi connectivity index (χ2n) is 5.74. The fourth-order valence-corrected chi connectivity index (χ4v) is 3.20. The predicted octanol–water partition coefficient (Wildman–Crippen LogP) is 1.28. The Hall–Kier alpha value is -2.28. The van der Waals surface area contributed by atoms with Crippen LogP contribution >= 0.6 is 0 Å². The van der Waals surface area contributed by atoms with Crippen LogP contribution in [0.25, 0.3) is 0 Å². The summed E-state index contributed by atoms with van der Waals surface area (Å²) in [6.45, 7) is 3.77. The minimum absolute atomic E-state index is 0.209. The summed E-state index contributed by atoms with van der Waals surface area (Å²) < 4.78 is 5.10. The summed E-state index contributed by atoms with van der Waals surface area (Å²) in [6, 6.07) is 4.07. The predicted molar refractivity (Wildman–Crippen MR) is 84.5 cm³/mol. The van der Waals surface area contributed by atoms with E-state index >= 15 is 0 Å². The Morgan fingerprint density at radius 2 is 2.35 bits per heavy atom. The highest BCUT2D eigenvalue weighted by molar-refractivity contribution is 5.93. The lowest BCUT2D eigenvalue weighted by Crippen LogP contribution is -2.46. The molecule has 1 fully saturated rings. The summed E-state index contributed by atoms with van der Waals surface area (Å²) in [5.74, 6) is -0.370. The van der Waals surface area contributed by atoms with Gasteiger partial charge in [-0.2, -0.15) is 0 Å². The number of aromatic amines is 1. The van der Waals surface area contributed by atoms with Crippen LogP contribution in [0.4, 0.5) is 4.79 Å². The Morgan fingerprint density at radius 1 is 1.48 bits per heavy atom. The van der Waals surface area contributed by atoms with Crippen molar-refractivity contribution in [1.82, 2.24) is 20.5 Å². The van der Waals surface area contributed by atoms with E-state index < -0.39 is 0 Å². The number of hydrogen-bond donors (Lipinski definition) is 3. The van der Waals surface area contributed by atoms with Crippen LogP contribution in [0.1, 0.15) is 31.5 Å². The summed E-state index contributed by atoms with van der Waals surface area (Å²) >= 11 is 0. The largest absolute Gasteiger partial charge is 0.463 e. The number of ether oxygens (including phenoxy) is 1.